The first-order valence-corrected chi connectivity index (χ1v) is 6.45. The molecule has 1 N–H and O–H groups in total. The predicted octanol–water partition coefficient (Wildman–Crippen LogP) is 2.54. The zero-order valence-electron chi connectivity index (χ0n) is 9.66. The van der Waals surface area contributed by atoms with E-state index in [1.165, 1.54) is 16.1 Å². The van der Waals surface area contributed by atoms with E-state index in [1.807, 2.05) is 0 Å². The molecule has 0 aliphatic rings. The first kappa shape index (κ1) is 12.4. The molecule has 0 aliphatic carbocycles. The van der Waals surface area contributed by atoms with Gasteiger partial charge in [-0.1, -0.05) is 6.07 Å². The van der Waals surface area contributed by atoms with Gasteiger partial charge < -0.3 is 10.0 Å². The Bertz CT molecular complexity index is 314. The monoisotopic (exact) mass is 225 g/mol. The number of thioether (sulfide) groups is 1. The van der Waals surface area contributed by atoms with E-state index in [1.54, 1.807) is 11.8 Å². The second-order valence-electron chi connectivity index (χ2n) is 3.46. The van der Waals surface area contributed by atoms with Gasteiger partial charge in [-0.15, -0.1) is 11.8 Å². The van der Waals surface area contributed by atoms with Crippen LogP contribution in [0.2, 0.25) is 0 Å². The molecule has 0 unspecified atom stereocenters. The molecule has 0 aliphatic heterocycles. The Kier molecular flexibility index (Phi) is 4.99. The first-order chi connectivity index (χ1) is 7.22. The van der Waals surface area contributed by atoms with Crippen molar-refractivity contribution in [3.63, 3.8) is 0 Å². The molecule has 15 heavy (non-hydrogen) atoms. The van der Waals surface area contributed by atoms with E-state index in [2.05, 4.69) is 43.2 Å². The molecule has 0 saturated carbocycles. The van der Waals surface area contributed by atoms with Crippen molar-refractivity contribution in [2.75, 3.05) is 30.9 Å². The van der Waals surface area contributed by atoms with E-state index in [0.29, 0.717) is 6.54 Å². The van der Waals surface area contributed by atoms with Crippen LogP contribution in [-0.2, 0) is 0 Å². The highest BCUT2D eigenvalue weighted by molar-refractivity contribution is 7.98. The van der Waals surface area contributed by atoms with Gasteiger partial charge in [-0.2, -0.15) is 0 Å². The standard InChI is InChI=1S/C12H19NOS/c1-4-13(7-8-14)11-6-5-10(2)12(9-11)15-3/h5-6,9,14H,4,7-8H2,1-3H3. The Labute approximate surface area is 96.3 Å². The molecule has 1 aromatic rings. The molecule has 0 atom stereocenters. The van der Waals surface area contributed by atoms with Gasteiger partial charge in [0.05, 0.1) is 6.61 Å². The van der Waals surface area contributed by atoms with Gasteiger partial charge in [0, 0.05) is 23.7 Å². The summed E-state index contributed by atoms with van der Waals surface area (Å²) in [5.41, 5.74) is 2.51. The van der Waals surface area contributed by atoms with Crippen LogP contribution in [0.1, 0.15) is 12.5 Å². The summed E-state index contributed by atoms with van der Waals surface area (Å²) in [4.78, 5) is 3.49. The molecule has 3 heteroatoms. The van der Waals surface area contributed by atoms with Crippen molar-refractivity contribution in [2.24, 2.45) is 0 Å². The van der Waals surface area contributed by atoms with Crippen molar-refractivity contribution in [1.29, 1.82) is 0 Å². The Morgan fingerprint density at radius 3 is 2.67 bits per heavy atom. The van der Waals surface area contributed by atoms with E-state index < -0.39 is 0 Å². The van der Waals surface area contributed by atoms with Crippen molar-refractivity contribution in [2.45, 2.75) is 18.7 Å². The average molecular weight is 225 g/mol. The number of hydrogen-bond acceptors (Lipinski definition) is 3. The first-order valence-electron chi connectivity index (χ1n) is 5.23. The summed E-state index contributed by atoms with van der Waals surface area (Å²) in [6.07, 6.45) is 2.09. The summed E-state index contributed by atoms with van der Waals surface area (Å²) >= 11 is 1.77. The third kappa shape index (κ3) is 3.14. The number of nitrogens with zero attached hydrogens (tertiary/aromatic N) is 1. The number of anilines is 1. The number of benzene rings is 1. The van der Waals surface area contributed by atoms with E-state index in [9.17, 15) is 0 Å². The Morgan fingerprint density at radius 1 is 1.40 bits per heavy atom. The summed E-state index contributed by atoms with van der Waals surface area (Å²) in [5, 5.41) is 8.96. The fourth-order valence-electron chi connectivity index (χ4n) is 1.60. The molecule has 1 aromatic carbocycles. The van der Waals surface area contributed by atoms with Gasteiger partial charge >= 0.3 is 0 Å². The molecule has 0 amide bonds. The van der Waals surface area contributed by atoms with Crippen LogP contribution in [0.5, 0.6) is 0 Å². The normalized spacial score (nSPS) is 10.4. The van der Waals surface area contributed by atoms with Crippen LogP contribution in [0.3, 0.4) is 0 Å². The summed E-state index contributed by atoms with van der Waals surface area (Å²) in [6, 6.07) is 6.45. The largest absolute Gasteiger partial charge is 0.395 e. The van der Waals surface area contributed by atoms with E-state index in [0.717, 1.165) is 6.54 Å². The van der Waals surface area contributed by atoms with Gasteiger partial charge in [-0.25, -0.2) is 0 Å². The lowest BCUT2D eigenvalue weighted by Gasteiger charge is -2.22. The van der Waals surface area contributed by atoms with Crippen molar-refractivity contribution in [1.82, 2.24) is 0 Å². The quantitative estimate of drug-likeness (QED) is 0.779. The fraction of sp³-hybridized carbons (Fsp3) is 0.500. The van der Waals surface area contributed by atoms with Crippen molar-refractivity contribution in [3.8, 4) is 0 Å². The lowest BCUT2D eigenvalue weighted by atomic mass is 10.2. The highest BCUT2D eigenvalue weighted by Gasteiger charge is 2.05. The number of aryl methyl sites for hydroxylation is 1. The maximum atomic E-state index is 8.96. The molecular formula is C12H19NOS. The van der Waals surface area contributed by atoms with E-state index in [4.69, 9.17) is 5.11 Å². The van der Waals surface area contributed by atoms with Crippen molar-refractivity contribution in [3.05, 3.63) is 23.8 Å². The SMILES string of the molecule is CCN(CCO)c1ccc(C)c(SC)c1. The maximum Gasteiger partial charge on any atom is 0.0606 e. The van der Waals surface area contributed by atoms with Crippen LogP contribution in [0.4, 0.5) is 5.69 Å². The minimum atomic E-state index is 0.205. The Morgan fingerprint density at radius 2 is 2.13 bits per heavy atom. The summed E-state index contributed by atoms with van der Waals surface area (Å²) in [7, 11) is 0. The van der Waals surface area contributed by atoms with Crippen LogP contribution < -0.4 is 4.90 Å². The van der Waals surface area contributed by atoms with Gasteiger partial charge in [0.2, 0.25) is 0 Å². The minimum absolute atomic E-state index is 0.205. The van der Waals surface area contributed by atoms with Gasteiger partial charge in [0.25, 0.3) is 0 Å². The van der Waals surface area contributed by atoms with Gasteiger partial charge in [0.15, 0.2) is 0 Å². The molecular weight excluding hydrogens is 206 g/mol. The molecule has 1 rings (SSSR count). The molecule has 0 aromatic heterocycles. The zero-order valence-corrected chi connectivity index (χ0v) is 10.5. The number of likely N-dealkylation sites (N-methyl/N-ethyl adjacent to an activating group) is 1. The molecule has 0 heterocycles. The molecule has 0 radical (unpaired) electrons. The van der Waals surface area contributed by atoms with E-state index in [-0.39, 0.29) is 6.61 Å². The maximum absolute atomic E-state index is 8.96. The van der Waals surface area contributed by atoms with Crippen LogP contribution >= 0.6 is 11.8 Å². The Hall–Kier alpha value is -0.670. The fourth-order valence-corrected chi connectivity index (χ4v) is 2.22. The number of aliphatic hydroxyl groups excluding tert-OH is 1. The Balaban J connectivity index is 2.92. The third-order valence-corrected chi connectivity index (χ3v) is 3.39. The topological polar surface area (TPSA) is 23.5 Å². The second kappa shape index (κ2) is 6.03. The highest BCUT2D eigenvalue weighted by atomic mass is 32.2. The summed E-state index contributed by atoms with van der Waals surface area (Å²) < 4.78 is 0. The summed E-state index contributed by atoms with van der Waals surface area (Å²) in [6.45, 7) is 6.06. The van der Waals surface area contributed by atoms with Gasteiger partial charge in [0.1, 0.15) is 0 Å². The van der Waals surface area contributed by atoms with Crippen LogP contribution in [0.15, 0.2) is 23.1 Å². The molecule has 0 fully saturated rings. The molecule has 0 bridgehead atoms. The van der Waals surface area contributed by atoms with E-state index >= 15 is 0 Å². The highest BCUT2D eigenvalue weighted by Crippen LogP contribution is 2.25. The molecule has 0 spiro atoms. The van der Waals surface area contributed by atoms with Crippen molar-refractivity contribution < 1.29 is 5.11 Å². The smallest absolute Gasteiger partial charge is 0.0606 e. The zero-order chi connectivity index (χ0) is 11.3. The number of hydrogen-bond donors (Lipinski definition) is 1. The average Bonchev–Trinajstić information content (AvgIpc) is 2.27. The predicted molar refractivity (Wildman–Crippen MR) is 67.9 cm³/mol. The molecule has 2 nitrogen and oxygen atoms in total. The lowest BCUT2D eigenvalue weighted by Crippen LogP contribution is -2.26. The van der Waals surface area contributed by atoms with Crippen molar-refractivity contribution >= 4 is 17.4 Å². The van der Waals surface area contributed by atoms with Gasteiger partial charge in [-0.3, -0.25) is 0 Å². The second-order valence-corrected chi connectivity index (χ2v) is 4.31. The minimum Gasteiger partial charge on any atom is -0.395 e. The lowest BCUT2D eigenvalue weighted by molar-refractivity contribution is 0.302. The third-order valence-electron chi connectivity index (χ3n) is 2.51. The van der Waals surface area contributed by atoms with Crippen LogP contribution in [0.25, 0.3) is 0 Å². The number of rotatable bonds is 5. The molecule has 84 valence electrons. The summed E-state index contributed by atoms with van der Waals surface area (Å²) in [5.74, 6) is 0. The van der Waals surface area contributed by atoms with Crippen LogP contribution in [-0.4, -0.2) is 31.1 Å². The number of aliphatic hydroxyl groups is 1. The van der Waals surface area contributed by atoms with Gasteiger partial charge in [-0.05, 0) is 37.8 Å². The molecule has 0 saturated heterocycles. The van der Waals surface area contributed by atoms with Crippen LogP contribution in [0, 0.1) is 6.92 Å².